The number of carbonyl (C=O) groups excluding carboxylic acids is 3. The Morgan fingerprint density at radius 1 is 1.09 bits per heavy atom. The second-order valence-corrected chi connectivity index (χ2v) is 4.87. The first-order chi connectivity index (χ1) is 11.1. The number of hydrogen-bond acceptors (Lipinski definition) is 5. The van der Waals surface area contributed by atoms with Crippen LogP contribution >= 0.6 is 0 Å². The topological polar surface area (TPSA) is 92.7 Å². The van der Waals surface area contributed by atoms with E-state index in [0.29, 0.717) is 23.1 Å². The maximum absolute atomic E-state index is 12.1. The number of ketones is 1. The van der Waals surface area contributed by atoms with E-state index in [-0.39, 0.29) is 6.42 Å². The zero-order valence-electron chi connectivity index (χ0n) is 12.1. The lowest BCUT2D eigenvalue weighted by molar-refractivity contribution is -0.126. The molecule has 6 heteroatoms. The van der Waals surface area contributed by atoms with Gasteiger partial charge in [-0.1, -0.05) is 36.4 Å². The maximum Gasteiger partial charge on any atom is 0.260 e. The van der Waals surface area contributed by atoms with Crippen LogP contribution in [0.2, 0.25) is 0 Å². The van der Waals surface area contributed by atoms with Gasteiger partial charge in [-0.25, -0.2) is 0 Å². The Morgan fingerprint density at radius 3 is 2.48 bits per heavy atom. The summed E-state index contributed by atoms with van der Waals surface area (Å²) in [5.74, 6) is -1.40. The number of anilines is 1. The first-order valence-corrected chi connectivity index (χ1v) is 6.89. The highest BCUT2D eigenvalue weighted by Crippen LogP contribution is 2.10. The fraction of sp³-hybridized carbons (Fsp3) is 0.118. The SMILES string of the molecule is O=Cc1cccc(CC(=O)C(N=O)C(=O)Nc2ccccc2)c1. The third kappa shape index (κ3) is 4.41. The molecule has 0 fully saturated rings. The van der Waals surface area contributed by atoms with Crippen LogP contribution in [0.4, 0.5) is 5.69 Å². The minimum absolute atomic E-state index is 0.152. The molecule has 0 aliphatic heterocycles. The van der Waals surface area contributed by atoms with Gasteiger partial charge in [0.1, 0.15) is 6.29 Å². The first kappa shape index (κ1) is 16.2. The fourth-order valence-corrected chi connectivity index (χ4v) is 2.06. The molecule has 0 aromatic heterocycles. The number of carbonyl (C=O) groups is 3. The molecule has 1 atom stereocenters. The standard InChI is InChI=1S/C17H14N2O4/c20-11-13-6-4-5-12(9-13)10-15(21)16(19-23)17(22)18-14-7-2-1-3-8-14/h1-9,11,16H,10H2,(H,18,22). The van der Waals surface area contributed by atoms with Crippen LogP contribution in [0.25, 0.3) is 0 Å². The molecule has 0 bridgehead atoms. The van der Waals surface area contributed by atoms with Gasteiger partial charge in [-0.2, -0.15) is 0 Å². The van der Waals surface area contributed by atoms with Gasteiger partial charge in [0.15, 0.2) is 5.78 Å². The number of benzene rings is 2. The van der Waals surface area contributed by atoms with Crippen molar-refractivity contribution in [2.45, 2.75) is 12.5 Å². The van der Waals surface area contributed by atoms with Crippen molar-refractivity contribution in [3.63, 3.8) is 0 Å². The number of hydrogen-bond donors (Lipinski definition) is 1. The number of nitrogens with zero attached hydrogens (tertiary/aromatic N) is 1. The van der Waals surface area contributed by atoms with Gasteiger partial charge in [0.2, 0.25) is 6.04 Å². The van der Waals surface area contributed by atoms with E-state index in [0.717, 1.165) is 0 Å². The summed E-state index contributed by atoms with van der Waals surface area (Å²) in [5.41, 5.74) is 1.43. The van der Waals surface area contributed by atoms with E-state index in [2.05, 4.69) is 10.5 Å². The van der Waals surface area contributed by atoms with E-state index in [9.17, 15) is 19.3 Å². The number of nitrogens with one attached hydrogen (secondary N) is 1. The normalized spacial score (nSPS) is 11.3. The Morgan fingerprint density at radius 2 is 1.83 bits per heavy atom. The predicted molar refractivity (Wildman–Crippen MR) is 85.2 cm³/mol. The van der Waals surface area contributed by atoms with Crippen molar-refractivity contribution in [3.05, 3.63) is 70.6 Å². The monoisotopic (exact) mass is 310 g/mol. The molecule has 1 unspecified atom stereocenters. The minimum Gasteiger partial charge on any atom is -0.324 e. The molecule has 0 saturated heterocycles. The van der Waals surface area contributed by atoms with Gasteiger partial charge in [0, 0.05) is 17.7 Å². The van der Waals surface area contributed by atoms with Crippen LogP contribution in [-0.2, 0) is 16.0 Å². The van der Waals surface area contributed by atoms with Gasteiger partial charge in [-0.05, 0) is 28.9 Å². The summed E-state index contributed by atoms with van der Waals surface area (Å²) in [6, 6.07) is 13.2. The minimum atomic E-state index is -1.63. The summed E-state index contributed by atoms with van der Waals surface area (Å²) in [7, 11) is 0. The summed E-state index contributed by atoms with van der Waals surface area (Å²) >= 11 is 0. The Balaban J connectivity index is 2.07. The van der Waals surface area contributed by atoms with E-state index >= 15 is 0 Å². The summed E-state index contributed by atoms with van der Waals surface area (Å²) in [6.07, 6.45) is 0.506. The molecule has 0 aliphatic carbocycles. The number of amides is 1. The average molecular weight is 310 g/mol. The number of nitroso groups, excluding NO2 is 1. The summed E-state index contributed by atoms with van der Waals surface area (Å²) in [4.78, 5) is 45.8. The molecular formula is C17H14N2O4. The summed E-state index contributed by atoms with van der Waals surface area (Å²) in [5, 5.41) is 5.11. The van der Waals surface area contributed by atoms with E-state index in [1.807, 2.05) is 0 Å². The van der Waals surface area contributed by atoms with Gasteiger partial charge in [0.05, 0.1) is 0 Å². The highest BCUT2D eigenvalue weighted by molar-refractivity contribution is 6.11. The van der Waals surface area contributed by atoms with Gasteiger partial charge in [0.25, 0.3) is 5.91 Å². The second-order valence-electron chi connectivity index (χ2n) is 4.87. The lowest BCUT2D eigenvalue weighted by atomic mass is 10.0. The molecule has 2 rings (SSSR count). The second kappa shape index (κ2) is 7.74. The number of aldehydes is 1. The van der Waals surface area contributed by atoms with Crippen LogP contribution in [-0.4, -0.2) is 24.0 Å². The van der Waals surface area contributed by atoms with Crippen LogP contribution in [0.3, 0.4) is 0 Å². The Bertz CT molecular complexity index is 728. The molecule has 0 heterocycles. The van der Waals surface area contributed by atoms with Crippen molar-refractivity contribution >= 4 is 23.7 Å². The van der Waals surface area contributed by atoms with Crippen molar-refractivity contribution in [2.24, 2.45) is 5.18 Å². The van der Waals surface area contributed by atoms with Crippen LogP contribution in [0.1, 0.15) is 15.9 Å². The van der Waals surface area contributed by atoms with Crippen molar-refractivity contribution in [2.75, 3.05) is 5.32 Å². The molecule has 0 radical (unpaired) electrons. The molecule has 1 amide bonds. The lowest BCUT2D eigenvalue weighted by Crippen LogP contribution is -2.34. The Labute approximate surface area is 132 Å². The molecule has 0 aliphatic rings. The third-order valence-corrected chi connectivity index (χ3v) is 3.17. The van der Waals surface area contributed by atoms with Crippen LogP contribution in [0.5, 0.6) is 0 Å². The third-order valence-electron chi connectivity index (χ3n) is 3.17. The van der Waals surface area contributed by atoms with E-state index in [1.54, 1.807) is 48.5 Å². The molecule has 6 nitrogen and oxygen atoms in total. The molecule has 0 spiro atoms. The quantitative estimate of drug-likeness (QED) is 0.483. The van der Waals surface area contributed by atoms with E-state index < -0.39 is 17.7 Å². The Hall–Kier alpha value is -3.15. The molecule has 2 aromatic carbocycles. The molecule has 116 valence electrons. The number of rotatable bonds is 7. The smallest absolute Gasteiger partial charge is 0.260 e. The Kier molecular flexibility index (Phi) is 5.46. The molecular weight excluding hydrogens is 296 g/mol. The highest BCUT2D eigenvalue weighted by Gasteiger charge is 2.27. The number of para-hydroxylation sites is 1. The largest absolute Gasteiger partial charge is 0.324 e. The van der Waals surface area contributed by atoms with Crippen LogP contribution < -0.4 is 5.32 Å². The zero-order valence-corrected chi connectivity index (χ0v) is 12.1. The van der Waals surface area contributed by atoms with Crippen molar-refractivity contribution in [1.82, 2.24) is 0 Å². The summed E-state index contributed by atoms with van der Waals surface area (Å²) < 4.78 is 0. The van der Waals surface area contributed by atoms with Gasteiger partial charge < -0.3 is 5.32 Å². The fourth-order valence-electron chi connectivity index (χ4n) is 2.06. The van der Waals surface area contributed by atoms with Crippen molar-refractivity contribution in [3.8, 4) is 0 Å². The zero-order chi connectivity index (χ0) is 16.7. The van der Waals surface area contributed by atoms with E-state index in [1.165, 1.54) is 6.07 Å². The highest BCUT2D eigenvalue weighted by atomic mass is 16.3. The average Bonchev–Trinajstić information content (AvgIpc) is 2.56. The van der Waals surface area contributed by atoms with Crippen molar-refractivity contribution in [1.29, 1.82) is 0 Å². The van der Waals surface area contributed by atoms with Gasteiger partial charge >= 0.3 is 0 Å². The summed E-state index contributed by atoms with van der Waals surface area (Å²) in [6.45, 7) is 0. The van der Waals surface area contributed by atoms with Crippen molar-refractivity contribution < 1.29 is 14.4 Å². The van der Waals surface area contributed by atoms with Gasteiger partial charge in [-0.3, -0.25) is 14.4 Å². The molecule has 2 aromatic rings. The van der Waals surface area contributed by atoms with Gasteiger partial charge in [-0.15, -0.1) is 4.91 Å². The predicted octanol–water partition coefficient (Wildman–Crippen LogP) is 2.38. The molecule has 23 heavy (non-hydrogen) atoms. The number of Topliss-reactive ketones (excluding diaryl/α,β-unsaturated/α-hetero) is 1. The molecule has 0 saturated carbocycles. The molecule has 1 N–H and O–H groups in total. The van der Waals surface area contributed by atoms with Crippen LogP contribution in [0, 0.1) is 4.91 Å². The maximum atomic E-state index is 12.1. The van der Waals surface area contributed by atoms with E-state index in [4.69, 9.17) is 0 Å². The lowest BCUT2D eigenvalue weighted by Gasteiger charge is -2.09. The van der Waals surface area contributed by atoms with Crippen LogP contribution in [0.15, 0.2) is 59.8 Å². The first-order valence-electron chi connectivity index (χ1n) is 6.89.